The van der Waals surface area contributed by atoms with Crippen LogP contribution in [-0.4, -0.2) is 12.2 Å². The van der Waals surface area contributed by atoms with Crippen LogP contribution in [0.25, 0.3) is 10.4 Å². The van der Waals surface area contributed by atoms with Gasteiger partial charge in [0.05, 0.1) is 12.0 Å². The summed E-state index contributed by atoms with van der Waals surface area (Å²) in [6.45, 7) is 0. The number of methoxy groups -OCH3 is 1. The Morgan fingerprint density at radius 2 is 2.13 bits per heavy atom. The molecule has 0 amide bonds. The number of benzene rings is 1. The van der Waals surface area contributed by atoms with Crippen molar-refractivity contribution in [1.82, 2.24) is 0 Å². The van der Waals surface area contributed by atoms with E-state index >= 15 is 0 Å². The SMILES string of the molecule is COc1ccc(O)c(-c2sccc2Br)c1. The van der Waals surface area contributed by atoms with Crippen LogP contribution < -0.4 is 4.74 Å². The van der Waals surface area contributed by atoms with Crippen molar-refractivity contribution in [3.63, 3.8) is 0 Å². The lowest BCUT2D eigenvalue weighted by Crippen LogP contribution is -1.83. The van der Waals surface area contributed by atoms with Crippen LogP contribution in [0.15, 0.2) is 34.1 Å². The van der Waals surface area contributed by atoms with Crippen LogP contribution in [0.3, 0.4) is 0 Å². The molecule has 0 saturated carbocycles. The van der Waals surface area contributed by atoms with E-state index < -0.39 is 0 Å². The molecule has 0 spiro atoms. The number of aromatic hydroxyl groups is 1. The second-order valence-corrected chi connectivity index (χ2v) is 4.75. The first kappa shape index (κ1) is 10.5. The number of hydrogen-bond acceptors (Lipinski definition) is 3. The van der Waals surface area contributed by atoms with Crippen LogP contribution >= 0.6 is 27.3 Å². The van der Waals surface area contributed by atoms with Crippen LogP contribution in [0.2, 0.25) is 0 Å². The molecule has 0 aliphatic heterocycles. The number of phenolic OH excluding ortho intramolecular Hbond substituents is 1. The number of rotatable bonds is 2. The summed E-state index contributed by atoms with van der Waals surface area (Å²) in [4.78, 5) is 1.01. The van der Waals surface area contributed by atoms with E-state index in [1.807, 2.05) is 17.5 Å². The summed E-state index contributed by atoms with van der Waals surface area (Å²) in [7, 11) is 1.61. The number of halogens is 1. The van der Waals surface area contributed by atoms with Gasteiger partial charge in [-0.25, -0.2) is 0 Å². The van der Waals surface area contributed by atoms with E-state index in [0.717, 1.165) is 20.7 Å². The van der Waals surface area contributed by atoms with Crippen molar-refractivity contribution in [2.24, 2.45) is 0 Å². The van der Waals surface area contributed by atoms with Crippen LogP contribution in [0.4, 0.5) is 0 Å². The average Bonchev–Trinajstić information content (AvgIpc) is 2.65. The minimum absolute atomic E-state index is 0.263. The Morgan fingerprint density at radius 3 is 2.73 bits per heavy atom. The monoisotopic (exact) mass is 284 g/mol. The van der Waals surface area contributed by atoms with Crippen LogP contribution in [0, 0.1) is 0 Å². The molecule has 0 atom stereocenters. The van der Waals surface area contributed by atoms with Gasteiger partial charge in [-0.2, -0.15) is 0 Å². The summed E-state index contributed by atoms with van der Waals surface area (Å²) >= 11 is 5.02. The highest BCUT2D eigenvalue weighted by molar-refractivity contribution is 9.10. The van der Waals surface area contributed by atoms with Crippen LogP contribution in [0.5, 0.6) is 11.5 Å². The molecule has 1 aromatic heterocycles. The van der Waals surface area contributed by atoms with Gasteiger partial charge >= 0.3 is 0 Å². The predicted octanol–water partition coefficient (Wildman–Crippen LogP) is 3.89. The molecule has 1 heterocycles. The van der Waals surface area contributed by atoms with Crippen LogP contribution in [0.1, 0.15) is 0 Å². The lowest BCUT2D eigenvalue weighted by Gasteiger charge is -2.05. The van der Waals surface area contributed by atoms with Crippen LogP contribution in [-0.2, 0) is 0 Å². The molecule has 1 N–H and O–H groups in total. The molecular formula is C11H9BrO2S. The third-order valence-electron chi connectivity index (χ3n) is 2.07. The Morgan fingerprint density at radius 1 is 1.33 bits per heavy atom. The lowest BCUT2D eigenvalue weighted by molar-refractivity contribution is 0.412. The molecule has 0 unspecified atom stereocenters. The Balaban J connectivity index is 2.56. The quantitative estimate of drug-likeness (QED) is 0.907. The van der Waals surface area contributed by atoms with Gasteiger partial charge in [0.1, 0.15) is 11.5 Å². The summed E-state index contributed by atoms with van der Waals surface area (Å²) < 4.78 is 6.11. The third-order valence-corrected chi connectivity index (χ3v) is 3.94. The zero-order valence-electron chi connectivity index (χ0n) is 8.03. The molecule has 2 aromatic rings. The second kappa shape index (κ2) is 4.24. The standard InChI is InChI=1S/C11H9BrO2S/c1-14-7-2-3-10(13)8(6-7)11-9(12)4-5-15-11/h2-6,13H,1H3. The maximum Gasteiger partial charge on any atom is 0.124 e. The van der Waals surface area contributed by atoms with Gasteiger partial charge < -0.3 is 9.84 Å². The third kappa shape index (κ3) is 2.01. The van der Waals surface area contributed by atoms with Crippen molar-refractivity contribution in [3.05, 3.63) is 34.1 Å². The molecule has 2 nitrogen and oxygen atoms in total. The first-order chi connectivity index (χ1) is 7.22. The van der Waals surface area contributed by atoms with E-state index in [1.54, 1.807) is 30.6 Å². The topological polar surface area (TPSA) is 29.5 Å². The molecule has 78 valence electrons. The van der Waals surface area contributed by atoms with Gasteiger partial charge in [0.25, 0.3) is 0 Å². The maximum absolute atomic E-state index is 9.76. The molecule has 1 aromatic carbocycles. The summed E-state index contributed by atoms with van der Waals surface area (Å²) in [5, 5.41) is 11.7. The fraction of sp³-hybridized carbons (Fsp3) is 0.0909. The Hall–Kier alpha value is -1.00. The first-order valence-electron chi connectivity index (χ1n) is 4.32. The lowest BCUT2D eigenvalue weighted by atomic mass is 10.1. The zero-order valence-corrected chi connectivity index (χ0v) is 10.4. The van der Waals surface area contributed by atoms with E-state index in [2.05, 4.69) is 15.9 Å². The van der Waals surface area contributed by atoms with Crippen molar-refractivity contribution < 1.29 is 9.84 Å². The summed E-state index contributed by atoms with van der Waals surface area (Å²) in [6, 6.07) is 7.16. The van der Waals surface area contributed by atoms with Crippen molar-refractivity contribution in [2.45, 2.75) is 0 Å². The number of thiophene rings is 1. The van der Waals surface area contributed by atoms with Gasteiger partial charge in [0.15, 0.2) is 0 Å². The number of hydrogen-bond donors (Lipinski definition) is 1. The highest BCUT2D eigenvalue weighted by atomic mass is 79.9. The van der Waals surface area contributed by atoms with E-state index in [0.29, 0.717) is 0 Å². The molecule has 0 aliphatic carbocycles. The molecule has 0 fully saturated rings. The van der Waals surface area contributed by atoms with Crippen molar-refractivity contribution in [3.8, 4) is 21.9 Å². The minimum atomic E-state index is 0.263. The maximum atomic E-state index is 9.76. The van der Waals surface area contributed by atoms with Gasteiger partial charge in [-0.05, 0) is 45.6 Å². The molecule has 2 rings (SSSR count). The Kier molecular flexibility index (Phi) is 2.98. The van der Waals surface area contributed by atoms with Crippen molar-refractivity contribution in [2.75, 3.05) is 7.11 Å². The van der Waals surface area contributed by atoms with Gasteiger partial charge in [0.2, 0.25) is 0 Å². The minimum Gasteiger partial charge on any atom is -0.507 e. The van der Waals surface area contributed by atoms with Gasteiger partial charge in [0, 0.05) is 10.0 Å². The van der Waals surface area contributed by atoms with Gasteiger partial charge in [-0.15, -0.1) is 11.3 Å². The smallest absolute Gasteiger partial charge is 0.124 e. The van der Waals surface area contributed by atoms with Crippen molar-refractivity contribution in [1.29, 1.82) is 0 Å². The Labute approximate surface area is 100 Å². The second-order valence-electron chi connectivity index (χ2n) is 2.98. The summed E-state index contributed by atoms with van der Waals surface area (Å²) in [6.07, 6.45) is 0. The highest BCUT2D eigenvalue weighted by Gasteiger charge is 2.10. The molecule has 15 heavy (non-hydrogen) atoms. The summed E-state index contributed by atoms with van der Waals surface area (Å²) in [5.41, 5.74) is 0.788. The molecule has 4 heteroatoms. The normalized spacial score (nSPS) is 10.3. The average molecular weight is 285 g/mol. The largest absolute Gasteiger partial charge is 0.507 e. The van der Waals surface area contributed by atoms with E-state index in [9.17, 15) is 5.11 Å². The molecule has 0 saturated heterocycles. The van der Waals surface area contributed by atoms with E-state index in [4.69, 9.17) is 4.74 Å². The number of phenols is 1. The summed E-state index contributed by atoms with van der Waals surface area (Å²) in [5.74, 6) is 1.00. The fourth-order valence-corrected chi connectivity index (χ4v) is 2.92. The van der Waals surface area contributed by atoms with Gasteiger partial charge in [-0.3, -0.25) is 0 Å². The van der Waals surface area contributed by atoms with Gasteiger partial charge in [-0.1, -0.05) is 0 Å². The van der Waals surface area contributed by atoms with E-state index in [-0.39, 0.29) is 5.75 Å². The first-order valence-corrected chi connectivity index (χ1v) is 6.00. The van der Waals surface area contributed by atoms with E-state index in [1.165, 1.54) is 0 Å². The Bertz CT molecular complexity index is 479. The highest BCUT2D eigenvalue weighted by Crippen LogP contribution is 2.40. The molecule has 0 bridgehead atoms. The predicted molar refractivity (Wildman–Crippen MR) is 65.7 cm³/mol. The molecular weight excluding hydrogens is 276 g/mol. The molecule has 0 radical (unpaired) electrons. The molecule has 0 aliphatic rings. The number of ether oxygens (including phenoxy) is 1. The van der Waals surface area contributed by atoms with Crippen molar-refractivity contribution >= 4 is 27.3 Å². The fourth-order valence-electron chi connectivity index (χ4n) is 1.31. The zero-order chi connectivity index (χ0) is 10.8.